The Kier molecular flexibility index (Phi) is 5.27. The van der Waals surface area contributed by atoms with Crippen molar-refractivity contribution in [3.05, 3.63) is 95.7 Å². The van der Waals surface area contributed by atoms with E-state index in [9.17, 15) is 14.7 Å². The number of benzene rings is 2. The predicted molar refractivity (Wildman–Crippen MR) is 121 cm³/mol. The fraction of sp³-hybridized carbons (Fsp3) is 0.231. The van der Waals surface area contributed by atoms with Gasteiger partial charge in [0.2, 0.25) is 0 Å². The van der Waals surface area contributed by atoms with Gasteiger partial charge in [-0.15, -0.1) is 0 Å². The Morgan fingerprint density at radius 2 is 1.66 bits per heavy atom. The zero-order valence-electron chi connectivity index (χ0n) is 17.4. The summed E-state index contributed by atoms with van der Waals surface area (Å²) < 4.78 is 5.52. The molecule has 32 heavy (non-hydrogen) atoms. The number of nitrogens with one attached hydrogen (secondary N) is 2. The Bertz CT molecular complexity index is 1100. The second-order valence-electron chi connectivity index (χ2n) is 8.27. The lowest BCUT2D eigenvalue weighted by atomic mass is 9.88. The first kappa shape index (κ1) is 20.1. The van der Waals surface area contributed by atoms with E-state index >= 15 is 0 Å². The molecule has 0 spiro atoms. The molecule has 0 aromatic heterocycles. The monoisotopic (exact) mass is 428 g/mol. The number of amides is 1. The van der Waals surface area contributed by atoms with Gasteiger partial charge in [0.15, 0.2) is 0 Å². The molecule has 162 valence electrons. The molecule has 2 aliphatic carbocycles. The van der Waals surface area contributed by atoms with Crippen LogP contribution in [0, 0.1) is 5.92 Å². The van der Waals surface area contributed by atoms with Crippen LogP contribution in [-0.2, 0) is 9.53 Å². The van der Waals surface area contributed by atoms with Crippen LogP contribution < -0.4 is 10.6 Å². The number of carboxylic acids is 1. The van der Waals surface area contributed by atoms with Gasteiger partial charge in [-0.05, 0) is 34.0 Å². The quantitative estimate of drug-likeness (QED) is 0.648. The number of carbonyl (C=O) groups excluding carboxylic acids is 1. The number of rotatable bonds is 6. The molecule has 6 nitrogen and oxygen atoms in total. The van der Waals surface area contributed by atoms with Gasteiger partial charge in [-0.25, -0.2) is 9.59 Å². The highest BCUT2D eigenvalue weighted by molar-refractivity contribution is 5.81. The Hall–Kier alpha value is -3.80. The van der Waals surface area contributed by atoms with Gasteiger partial charge in [0.25, 0.3) is 0 Å². The molecule has 3 unspecified atom stereocenters. The predicted octanol–water partition coefficient (Wildman–Crippen LogP) is 3.97. The molecule has 0 saturated carbocycles. The van der Waals surface area contributed by atoms with E-state index in [4.69, 9.17) is 4.74 Å². The summed E-state index contributed by atoms with van der Waals surface area (Å²) in [7, 11) is 0. The smallest absolute Gasteiger partial charge is 0.407 e. The molecule has 1 aliphatic heterocycles. The van der Waals surface area contributed by atoms with Gasteiger partial charge in [-0.1, -0.05) is 72.8 Å². The lowest BCUT2D eigenvalue weighted by Crippen LogP contribution is -2.42. The van der Waals surface area contributed by atoms with Crippen molar-refractivity contribution in [2.24, 2.45) is 5.92 Å². The van der Waals surface area contributed by atoms with E-state index in [1.807, 2.05) is 66.9 Å². The summed E-state index contributed by atoms with van der Waals surface area (Å²) >= 11 is 0. The molecular weight excluding hydrogens is 404 g/mol. The van der Waals surface area contributed by atoms with E-state index in [-0.39, 0.29) is 30.9 Å². The SMILES string of the molecule is O=C(NC(CC1=CNC2C=CC=CC12)C(=O)O)OCC1c2ccccc2-c2ccccc21. The van der Waals surface area contributed by atoms with Crippen LogP contribution in [-0.4, -0.2) is 35.9 Å². The van der Waals surface area contributed by atoms with Crippen molar-refractivity contribution in [1.82, 2.24) is 10.6 Å². The van der Waals surface area contributed by atoms with E-state index < -0.39 is 18.1 Å². The van der Waals surface area contributed by atoms with Gasteiger partial charge in [0, 0.05) is 18.3 Å². The molecule has 2 aromatic carbocycles. The molecule has 1 amide bonds. The van der Waals surface area contributed by atoms with Crippen LogP contribution in [0.25, 0.3) is 11.1 Å². The zero-order valence-corrected chi connectivity index (χ0v) is 17.4. The molecule has 3 N–H and O–H groups in total. The standard InChI is InChI=1S/C26H24N2O4/c29-25(30)24(13-16-14-27-23-12-6-5-7-17(16)23)28-26(31)32-15-22-20-10-3-1-8-18(20)19-9-2-4-11-21(19)22/h1-12,14,17,22-24,27H,13,15H2,(H,28,31)(H,29,30). The molecule has 3 atom stereocenters. The summed E-state index contributed by atoms with van der Waals surface area (Å²) in [5.41, 5.74) is 5.46. The number of fused-ring (bicyclic) bond motifs is 4. The van der Waals surface area contributed by atoms with Crippen molar-refractivity contribution in [2.75, 3.05) is 6.61 Å². The summed E-state index contributed by atoms with van der Waals surface area (Å²) in [4.78, 5) is 24.4. The van der Waals surface area contributed by atoms with E-state index in [1.54, 1.807) is 0 Å². The summed E-state index contributed by atoms with van der Waals surface area (Å²) in [6, 6.07) is 15.3. The van der Waals surface area contributed by atoms with Crippen LogP contribution in [0.1, 0.15) is 23.5 Å². The highest BCUT2D eigenvalue weighted by Gasteiger charge is 2.32. The summed E-state index contributed by atoms with van der Waals surface area (Å²) in [6.07, 6.45) is 9.36. The maximum absolute atomic E-state index is 12.5. The first-order valence-electron chi connectivity index (χ1n) is 10.8. The summed E-state index contributed by atoms with van der Waals surface area (Å²) in [5, 5.41) is 15.5. The van der Waals surface area contributed by atoms with Crippen LogP contribution in [0.2, 0.25) is 0 Å². The number of aliphatic carboxylic acids is 1. The average Bonchev–Trinajstić information content (AvgIpc) is 3.36. The second kappa shape index (κ2) is 8.38. The third-order valence-electron chi connectivity index (χ3n) is 6.40. The number of carbonyl (C=O) groups is 2. The Balaban J connectivity index is 1.24. The van der Waals surface area contributed by atoms with Crippen molar-refractivity contribution in [2.45, 2.75) is 24.4 Å². The molecule has 5 rings (SSSR count). The Morgan fingerprint density at radius 3 is 2.34 bits per heavy atom. The first-order valence-corrected chi connectivity index (χ1v) is 10.8. The largest absolute Gasteiger partial charge is 0.480 e. The number of allylic oxidation sites excluding steroid dienone is 2. The molecule has 0 bridgehead atoms. The van der Waals surface area contributed by atoms with E-state index in [0.29, 0.717) is 0 Å². The lowest BCUT2D eigenvalue weighted by Gasteiger charge is -2.22. The Morgan fingerprint density at radius 1 is 1.00 bits per heavy atom. The third kappa shape index (κ3) is 3.68. The topological polar surface area (TPSA) is 87.7 Å². The van der Waals surface area contributed by atoms with E-state index in [0.717, 1.165) is 27.8 Å². The number of alkyl carbamates (subject to hydrolysis) is 1. The molecule has 2 aromatic rings. The molecule has 0 radical (unpaired) electrons. The molecule has 0 saturated heterocycles. The van der Waals surface area contributed by atoms with Crippen molar-refractivity contribution >= 4 is 12.1 Å². The second-order valence-corrected chi connectivity index (χ2v) is 8.27. The van der Waals surface area contributed by atoms with Crippen LogP contribution in [0.4, 0.5) is 4.79 Å². The van der Waals surface area contributed by atoms with Gasteiger partial charge >= 0.3 is 12.1 Å². The van der Waals surface area contributed by atoms with Gasteiger partial charge in [-0.3, -0.25) is 0 Å². The van der Waals surface area contributed by atoms with Gasteiger partial charge in [0.05, 0.1) is 6.04 Å². The number of hydrogen-bond acceptors (Lipinski definition) is 4. The molecule has 1 heterocycles. The van der Waals surface area contributed by atoms with Crippen LogP contribution in [0.15, 0.2) is 84.6 Å². The summed E-state index contributed by atoms with van der Waals surface area (Å²) in [6.45, 7) is 0.148. The van der Waals surface area contributed by atoms with Crippen molar-refractivity contribution < 1.29 is 19.4 Å². The highest BCUT2D eigenvalue weighted by atomic mass is 16.5. The summed E-state index contributed by atoms with van der Waals surface area (Å²) in [5.74, 6) is -1.05. The lowest BCUT2D eigenvalue weighted by molar-refractivity contribution is -0.139. The normalized spacial score (nSPS) is 21.1. The minimum absolute atomic E-state index is 0.0712. The first-order chi connectivity index (χ1) is 15.6. The fourth-order valence-corrected chi connectivity index (χ4v) is 4.83. The maximum Gasteiger partial charge on any atom is 0.407 e. The Labute approximate surface area is 186 Å². The minimum atomic E-state index is -1.09. The molecule has 0 fully saturated rings. The molecule has 3 aliphatic rings. The average molecular weight is 428 g/mol. The molecule has 6 heteroatoms. The van der Waals surface area contributed by atoms with Crippen molar-refractivity contribution in [1.29, 1.82) is 0 Å². The zero-order chi connectivity index (χ0) is 22.1. The number of ether oxygens (including phenoxy) is 1. The van der Waals surface area contributed by atoms with E-state index in [1.165, 1.54) is 0 Å². The molecular formula is C26H24N2O4. The van der Waals surface area contributed by atoms with Crippen LogP contribution >= 0.6 is 0 Å². The van der Waals surface area contributed by atoms with Gasteiger partial charge in [0.1, 0.15) is 12.6 Å². The van der Waals surface area contributed by atoms with Crippen molar-refractivity contribution in [3.63, 3.8) is 0 Å². The van der Waals surface area contributed by atoms with Gasteiger partial charge < -0.3 is 20.5 Å². The number of hydrogen-bond donors (Lipinski definition) is 3. The van der Waals surface area contributed by atoms with Crippen molar-refractivity contribution in [3.8, 4) is 11.1 Å². The minimum Gasteiger partial charge on any atom is -0.480 e. The van der Waals surface area contributed by atoms with E-state index in [2.05, 4.69) is 22.8 Å². The third-order valence-corrected chi connectivity index (χ3v) is 6.40. The highest BCUT2D eigenvalue weighted by Crippen LogP contribution is 2.44. The van der Waals surface area contributed by atoms with Gasteiger partial charge in [-0.2, -0.15) is 0 Å². The van der Waals surface area contributed by atoms with Crippen LogP contribution in [0.3, 0.4) is 0 Å². The van der Waals surface area contributed by atoms with Crippen LogP contribution in [0.5, 0.6) is 0 Å². The fourth-order valence-electron chi connectivity index (χ4n) is 4.83. The number of carboxylic acid groups (broad SMARTS) is 1. The maximum atomic E-state index is 12.5.